The van der Waals surface area contributed by atoms with Gasteiger partial charge in [-0.15, -0.1) is 0 Å². The van der Waals surface area contributed by atoms with Gasteiger partial charge in [0, 0.05) is 10.7 Å². The fourth-order valence-corrected chi connectivity index (χ4v) is 2.69. The molecule has 138 valence electrons. The van der Waals surface area contributed by atoms with Gasteiger partial charge in [-0.2, -0.15) is 0 Å². The Morgan fingerprint density at radius 1 is 1.00 bits per heavy atom. The van der Waals surface area contributed by atoms with Crippen LogP contribution >= 0.6 is 23.2 Å². The van der Waals surface area contributed by atoms with Crippen LogP contribution in [0.3, 0.4) is 0 Å². The average Bonchev–Trinajstić information content (AvgIpc) is 2.66. The van der Waals surface area contributed by atoms with Crippen molar-refractivity contribution in [2.75, 3.05) is 16.5 Å². The van der Waals surface area contributed by atoms with E-state index >= 15 is 0 Å². The van der Waals surface area contributed by atoms with Gasteiger partial charge in [-0.05, 0) is 36.8 Å². The number of anilines is 4. The highest BCUT2D eigenvalue weighted by Crippen LogP contribution is 2.29. The first kappa shape index (κ1) is 18.8. The molecule has 5 N–H and O–H groups in total. The first-order valence-corrected chi connectivity index (χ1v) is 8.66. The van der Waals surface area contributed by atoms with Gasteiger partial charge in [0.1, 0.15) is 12.0 Å². The number of carbonyl (C=O) groups is 1. The third-order valence-electron chi connectivity index (χ3n) is 3.82. The Balaban J connectivity index is 1.76. The molecule has 9 heteroatoms. The van der Waals surface area contributed by atoms with Crippen LogP contribution in [0.25, 0.3) is 0 Å². The number of nitrogens with one attached hydrogen (secondary N) is 3. The molecule has 0 fully saturated rings. The molecule has 0 aliphatic heterocycles. The van der Waals surface area contributed by atoms with Crippen LogP contribution < -0.4 is 21.9 Å². The molecule has 0 saturated carbocycles. The Labute approximate surface area is 165 Å². The Morgan fingerprint density at radius 2 is 1.70 bits per heavy atom. The van der Waals surface area contributed by atoms with Crippen molar-refractivity contribution in [3.05, 3.63) is 70.0 Å². The predicted octanol–water partition coefficient (Wildman–Crippen LogP) is 4.17. The zero-order valence-electron chi connectivity index (χ0n) is 14.3. The molecule has 0 bridgehead atoms. The molecule has 0 radical (unpaired) electrons. The lowest BCUT2D eigenvalue weighted by Crippen LogP contribution is -2.30. The van der Waals surface area contributed by atoms with Gasteiger partial charge in [0.25, 0.3) is 5.91 Å². The molecule has 0 atom stereocenters. The van der Waals surface area contributed by atoms with Crippen LogP contribution in [0.5, 0.6) is 0 Å². The molecule has 0 aliphatic carbocycles. The number of hydrogen-bond acceptors (Lipinski definition) is 6. The zero-order valence-corrected chi connectivity index (χ0v) is 15.8. The minimum Gasteiger partial charge on any atom is -0.393 e. The van der Waals surface area contributed by atoms with Crippen LogP contribution in [0.4, 0.5) is 23.0 Å². The molecule has 0 saturated heterocycles. The molecule has 27 heavy (non-hydrogen) atoms. The highest BCUT2D eigenvalue weighted by atomic mass is 35.5. The third kappa shape index (κ3) is 4.21. The number of carbonyl (C=O) groups excluding carboxylic acids is 1. The average molecular weight is 403 g/mol. The summed E-state index contributed by atoms with van der Waals surface area (Å²) in [6.45, 7) is 1.88. The van der Waals surface area contributed by atoms with Gasteiger partial charge in [-0.1, -0.05) is 41.4 Å². The molecule has 1 aromatic heterocycles. The predicted molar refractivity (Wildman–Crippen MR) is 108 cm³/mol. The molecule has 3 rings (SSSR count). The summed E-state index contributed by atoms with van der Waals surface area (Å²) in [6, 6.07) is 12.2. The number of benzene rings is 2. The van der Waals surface area contributed by atoms with Crippen LogP contribution in [0.2, 0.25) is 10.0 Å². The van der Waals surface area contributed by atoms with Crippen LogP contribution in [-0.4, -0.2) is 15.9 Å². The van der Waals surface area contributed by atoms with Crippen molar-refractivity contribution >= 4 is 52.1 Å². The number of rotatable bonds is 5. The molecule has 0 aliphatic rings. The molecule has 0 spiro atoms. The maximum absolute atomic E-state index is 12.2. The maximum atomic E-state index is 12.2. The number of aromatic nitrogens is 2. The van der Waals surface area contributed by atoms with Crippen molar-refractivity contribution in [1.29, 1.82) is 0 Å². The highest BCUT2D eigenvalue weighted by Gasteiger charge is 2.13. The van der Waals surface area contributed by atoms with E-state index in [1.165, 1.54) is 6.33 Å². The Morgan fingerprint density at radius 3 is 2.48 bits per heavy atom. The zero-order chi connectivity index (χ0) is 19.4. The first-order valence-electron chi connectivity index (χ1n) is 7.91. The fourth-order valence-electron chi connectivity index (χ4n) is 2.29. The Bertz CT molecular complexity index is 995. The molecule has 1 amide bonds. The van der Waals surface area contributed by atoms with Crippen molar-refractivity contribution in [1.82, 2.24) is 15.4 Å². The summed E-state index contributed by atoms with van der Waals surface area (Å²) in [5.74, 6) is 0.205. The standard InChI is InChI=1S/C18H16Cl2N6O/c1-10-12(19)7-4-8-14(10)24-16-15(21)17(23-9-22-16)25-26-18(27)11-5-2-3-6-13(11)20/h2-9H,21H2,1H3,(H,26,27)(H2,22,23,24,25). The lowest BCUT2D eigenvalue weighted by molar-refractivity contribution is 0.0962. The van der Waals surface area contributed by atoms with E-state index in [9.17, 15) is 4.79 Å². The summed E-state index contributed by atoms with van der Waals surface area (Å²) in [5.41, 5.74) is 13.5. The number of hydrogen-bond donors (Lipinski definition) is 4. The topological polar surface area (TPSA) is 105 Å². The minimum absolute atomic E-state index is 0.233. The Hall–Kier alpha value is -3.03. The summed E-state index contributed by atoms with van der Waals surface area (Å²) in [4.78, 5) is 20.4. The molecule has 2 aromatic carbocycles. The quantitative estimate of drug-likeness (QED) is 0.477. The monoisotopic (exact) mass is 402 g/mol. The Kier molecular flexibility index (Phi) is 5.63. The van der Waals surface area contributed by atoms with Gasteiger partial charge < -0.3 is 11.1 Å². The van der Waals surface area contributed by atoms with Crippen LogP contribution in [0, 0.1) is 6.92 Å². The van der Waals surface area contributed by atoms with Crippen molar-refractivity contribution < 1.29 is 4.79 Å². The van der Waals surface area contributed by atoms with E-state index in [1.807, 2.05) is 19.1 Å². The van der Waals surface area contributed by atoms with Crippen LogP contribution in [-0.2, 0) is 0 Å². The van der Waals surface area contributed by atoms with E-state index in [-0.39, 0.29) is 11.5 Å². The van der Waals surface area contributed by atoms with Crippen LogP contribution in [0.1, 0.15) is 15.9 Å². The summed E-state index contributed by atoms with van der Waals surface area (Å²) in [5, 5.41) is 4.08. The van der Waals surface area contributed by atoms with E-state index < -0.39 is 5.91 Å². The molecule has 1 heterocycles. The van der Waals surface area contributed by atoms with Gasteiger partial charge in [0.2, 0.25) is 0 Å². The summed E-state index contributed by atoms with van der Waals surface area (Å²) in [6.07, 6.45) is 1.32. The van der Waals surface area contributed by atoms with Gasteiger partial charge in [-0.3, -0.25) is 15.6 Å². The lowest BCUT2D eigenvalue weighted by atomic mass is 10.2. The van der Waals surface area contributed by atoms with Crippen molar-refractivity contribution in [3.8, 4) is 0 Å². The van der Waals surface area contributed by atoms with E-state index in [1.54, 1.807) is 30.3 Å². The highest BCUT2D eigenvalue weighted by molar-refractivity contribution is 6.33. The molecule has 3 aromatic rings. The normalized spacial score (nSPS) is 10.3. The lowest BCUT2D eigenvalue weighted by Gasteiger charge is -2.15. The smallest absolute Gasteiger partial charge is 0.271 e. The van der Waals surface area contributed by atoms with E-state index in [2.05, 4.69) is 26.1 Å². The second-order valence-electron chi connectivity index (χ2n) is 5.58. The summed E-state index contributed by atoms with van der Waals surface area (Å²) in [7, 11) is 0. The minimum atomic E-state index is -0.418. The van der Waals surface area contributed by atoms with Crippen LogP contribution in [0.15, 0.2) is 48.8 Å². The third-order valence-corrected chi connectivity index (χ3v) is 4.56. The number of nitrogens with two attached hydrogens (primary N) is 1. The molecule has 0 unspecified atom stereocenters. The largest absolute Gasteiger partial charge is 0.393 e. The summed E-state index contributed by atoms with van der Waals surface area (Å²) >= 11 is 12.1. The van der Waals surface area contributed by atoms with Crippen molar-refractivity contribution in [2.24, 2.45) is 0 Å². The van der Waals surface area contributed by atoms with Gasteiger partial charge in [-0.25, -0.2) is 9.97 Å². The SMILES string of the molecule is Cc1c(Cl)cccc1Nc1ncnc(NNC(=O)c2ccccc2Cl)c1N. The number of amides is 1. The maximum Gasteiger partial charge on any atom is 0.271 e. The molecular weight excluding hydrogens is 387 g/mol. The van der Waals surface area contributed by atoms with Gasteiger partial charge >= 0.3 is 0 Å². The summed E-state index contributed by atoms with van der Waals surface area (Å²) < 4.78 is 0. The van der Waals surface area contributed by atoms with E-state index in [0.717, 1.165) is 11.3 Å². The van der Waals surface area contributed by atoms with Gasteiger partial charge in [0.15, 0.2) is 11.6 Å². The van der Waals surface area contributed by atoms with E-state index in [0.29, 0.717) is 21.4 Å². The first-order chi connectivity index (χ1) is 13.0. The number of nitrogen functional groups attached to an aromatic ring is 1. The van der Waals surface area contributed by atoms with Crippen molar-refractivity contribution in [3.63, 3.8) is 0 Å². The fraction of sp³-hybridized carbons (Fsp3) is 0.0556. The molecule has 7 nitrogen and oxygen atoms in total. The van der Waals surface area contributed by atoms with Crippen molar-refractivity contribution in [2.45, 2.75) is 6.92 Å². The second-order valence-corrected chi connectivity index (χ2v) is 6.40. The molecular formula is C18H16Cl2N6O. The number of nitrogens with zero attached hydrogens (tertiary/aromatic N) is 2. The number of halogens is 2. The number of hydrazine groups is 1. The second kappa shape index (κ2) is 8.11. The van der Waals surface area contributed by atoms with E-state index in [4.69, 9.17) is 28.9 Å². The van der Waals surface area contributed by atoms with Gasteiger partial charge in [0.05, 0.1) is 10.6 Å².